The first kappa shape index (κ1) is 22.7. The Bertz CT molecular complexity index is 1370. The van der Waals surface area contributed by atoms with E-state index in [2.05, 4.69) is 21.2 Å². The van der Waals surface area contributed by atoms with Crippen LogP contribution in [0.1, 0.15) is 25.7 Å². The Morgan fingerprint density at radius 2 is 1.76 bits per heavy atom. The highest BCUT2D eigenvalue weighted by Crippen LogP contribution is 2.24. The number of aromatic nitrogens is 2. The van der Waals surface area contributed by atoms with E-state index >= 15 is 0 Å². The molecule has 0 aliphatic rings. The molecule has 2 amide bonds. The van der Waals surface area contributed by atoms with Crippen LogP contribution >= 0.6 is 15.9 Å². The molecule has 0 aliphatic heterocycles. The van der Waals surface area contributed by atoms with Crippen molar-refractivity contribution in [1.82, 2.24) is 14.5 Å². The Balaban J connectivity index is 1.82. The number of nitrogens with zero attached hydrogens (tertiary/aromatic N) is 3. The van der Waals surface area contributed by atoms with Crippen LogP contribution in [-0.4, -0.2) is 27.0 Å². The summed E-state index contributed by atoms with van der Waals surface area (Å²) in [6, 6.07) is 19.3. The maximum Gasteiger partial charge on any atom is 0.322 e. The lowest BCUT2D eigenvalue weighted by Crippen LogP contribution is -2.39. The minimum Gasteiger partial charge on any atom is -0.315 e. The van der Waals surface area contributed by atoms with Gasteiger partial charge in [0.05, 0.1) is 28.3 Å². The van der Waals surface area contributed by atoms with Gasteiger partial charge in [-0.25, -0.2) is 14.2 Å². The molecule has 1 unspecified atom stereocenters. The first-order valence-electron chi connectivity index (χ1n) is 10.5. The number of carbonyl (C=O) groups is 1. The Labute approximate surface area is 198 Å². The molecule has 8 heteroatoms. The van der Waals surface area contributed by atoms with Gasteiger partial charge in [0, 0.05) is 11.0 Å². The van der Waals surface area contributed by atoms with Gasteiger partial charge in [-0.1, -0.05) is 40.2 Å². The summed E-state index contributed by atoms with van der Waals surface area (Å²) in [5, 5.41) is 3.10. The van der Waals surface area contributed by atoms with Crippen LogP contribution in [-0.2, 0) is 0 Å². The average Bonchev–Trinajstić information content (AvgIpc) is 2.82. The Hall–Kier alpha value is -3.52. The Morgan fingerprint density at radius 1 is 1.09 bits per heavy atom. The number of anilines is 1. The first-order valence-corrected chi connectivity index (χ1v) is 11.3. The highest BCUT2D eigenvalue weighted by Gasteiger charge is 2.26. The number of hydrogen-bond acceptors (Lipinski definition) is 3. The molecule has 1 aromatic heterocycles. The number of amides is 2. The number of urea groups is 1. The van der Waals surface area contributed by atoms with Crippen molar-refractivity contribution in [1.29, 1.82) is 0 Å². The van der Waals surface area contributed by atoms with E-state index in [0.29, 0.717) is 29.0 Å². The van der Waals surface area contributed by atoms with Crippen LogP contribution in [0.5, 0.6) is 0 Å². The second-order valence-corrected chi connectivity index (χ2v) is 8.39. The minimum absolute atomic E-state index is 0.0879. The summed E-state index contributed by atoms with van der Waals surface area (Å²) in [5.41, 5.74) is 1.04. The van der Waals surface area contributed by atoms with E-state index in [0.717, 1.165) is 4.47 Å². The van der Waals surface area contributed by atoms with E-state index in [4.69, 9.17) is 4.98 Å². The van der Waals surface area contributed by atoms with Crippen molar-refractivity contribution in [3.63, 3.8) is 0 Å². The molecular weight excluding hydrogens is 487 g/mol. The summed E-state index contributed by atoms with van der Waals surface area (Å²) >= 11 is 3.42. The lowest BCUT2D eigenvalue weighted by molar-refractivity contribution is 0.193. The van der Waals surface area contributed by atoms with Gasteiger partial charge in [0.15, 0.2) is 0 Å². The fourth-order valence-electron chi connectivity index (χ4n) is 3.75. The van der Waals surface area contributed by atoms with Crippen LogP contribution in [0.3, 0.4) is 0 Å². The van der Waals surface area contributed by atoms with Crippen LogP contribution in [0.4, 0.5) is 14.9 Å². The van der Waals surface area contributed by atoms with Crippen LogP contribution < -0.4 is 10.9 Å². The van der Waals surface area contributed by atoms with Gasteiger partial charge >= 0.3 is 6.03 Å². The van der Waals surface area contributed by atoms with Gasteiger partial charge in [-0.15, -0.1) is 0 Å². The molecule has 33 heavy (non-hydrogen) atoms. The first-order chi connectivity index (χ1) is 15.9. The van der Waals surface area contributed by atoms with Gasteiger partial charge in [0.1, 0.15) is 11.6 Å². The van der Waals surface area contributed by atoms with Gasteiger partial charge in [0.2, 0.25) is 0 Å². The topological polar surface area (TPSA) is 67.2 Å². The monoisotopic (exact) mass is 508 g/mol. The molecule has 0 fully saturated rings. The predicted octanol–water partition coefficient (Wildman–Crippen LogP) is 5.90. The van der Waals surface area contributed by atoms with Crippen LogP contribution in [0.15, 0.2) is 82.1 Å². The van der Waals surface area contributed by atoms with Gasteiger partial charge in [-0.05, 0) is 62.4 Å². The van der Waals surface area contributed by atoms with E-state index < -0.39 is 17.9 Å². The van der Waals surface area contributed by atoms with E-state index in [-0.39, 0.29) is 11.2 Å². The zero-order valence-electron chi connectivity index (χ0n) is 18.1. The molecule has 168 valence electrons. The fourth-order valence-corrected chi connectivity index (χ4v) is 4.02. The number of benzene rings is 3. The van der Waals surface area contributed by atoms with Gasteiger partial charge in [-0.2, -0.15) is 0 Å². The largest absolute Gasteiger partial charge is 0.322 e. The average molecular weight is 509 g/mol. The summed E-state index contributed by atoms with van der Waals surface area (Å²) in [6.07, 6.45) is 0. The normalized spacial score (nSPS) is 11.9. The van der Waals surface area contributed by atoms with Gasteiger partial charge in [0.25, 0.3) is 5.56 Å². The number of carbonyl (C=O) groups excluding carboxylic acids is 1. The smallest absolute Gasteiger partial charge is 0.315 e. The molecule has 0 radical (unpaired) electrons. The number of hydrogen-bond donors (Lipinski definition) is 1. The quantitative estimate of drug-likeness (QED) is 0.364. The third kappa shape index (κ3) is 4.52. The molecule has 1 heterocycles. The number of fused-ring (bicyclic) bond motifs is 1. The maximum atomic E-state index is 14.1. The van der Waals surface area contributed by atoms with Gasteiger partial charge < -0.3 is 10.2 Å². The van der Waals surface area contributed by atoms with E-state index in [1.807, 2.05) is 37.3 Å². The molecule has 0 spiro atoms. The van der Waals surface area contributed by atoms with Gasteiger partial charge in [-0.3, -0.25) is 9.36 Å². The van der Waals surface area contributed by atoms with Crippen molar-refractivity contribution in [2.24, 2.45) is 0 Å². The molecule has 3 aromatic carbocycles. The van der Waals surface area contributed by atoms with Crippen LogP contribution in [0.2, 0.25) is 0 Å². The van der Waals surface area contributed by atoms with Crippen LogP contribution in [0, 0.1) is 5.82 Å². The molecule has 0 saturated heterocycles. The molecule has 4 aromatic rings. The number of rotatable bonds is 5. The molecule has 1 atom stereocenters. The predicted molar refractivity (Wildman–Crippen MR) is 131 cm³/mol. The SMILES string of the molecule is CCN(C(=O)Nc1ccccc1F)C(C)c1nc2ccccc2c(=O)n1-c1ccc(Br)cc1. The van der Waals surface area contributed by atoms with Crippen molar-refractivity contribution in [2.45, 2.75) is 19.9 Å². The lowest BCUT2D eigenvalue weighted by atomic mass is 10.2. The third-order valence-electron chi connectivity index (χ3n) is 5.44. The maximum absolute atomic E-state index is 14.1. The molecule has 0 aliphatic carbocycles. The Kier molecular flexibility index (Phi) is 6.55. The summed E-state index contributed by atoms with van der Waals surface area (Å²) in [7, 11) is 0. The summed E-state index contributed by atoms with van der Waals surface area (Å²) in [5.74, 6) is -0.114. The Morgan fingerprint density at radius 3 is 2.45 bits per heavy atom. The van der Waals surface area contributed by atoms with Crippen molar-refractivity contribution in [3.8, 4) is 5.69 Å². The minimum atomic E-state index is -0.581. The zero-order valence-corrected chi connectivity index (χ0v) is 19.7. The molecule has 4 rings (SSSR count). The fraction of sp³-hybridized carbons (Fsp3) is 0.160. The molecule has 6 nitrogen and oxygen atoms in total. The van der Waals surface area contributed by atoms with Crippen molar-refractivity contribution in [3.05, 3.63) is 99.3 Å². The molecule has 1 N–H and O–H groups in total. The standard InChI is InChI=1S/C25H22BrFN4O2/c1-3-30(25(33)29-22-11-7-5-9-20(22)27)16(2)23-28-21-10-6-4-8-19(21)24(32)31(23)18-14-12-17(26)13-15-18/h4-16H,3H2,1-2H3,(H,29,33). The highest BCUT2D eigenvalue weighted by atomic mass is 79.9. The number of nitrogens with one attached hydrogen (secondary N) is 1. The number of halogens is 2. The summed E-state index contributed by atoms with van der Waals surface area (Å²) < 4.78 is 16.5. The third-order valence-corrected chi connectivity index (χ3v) is 5.97. The summed E-state index contributed by atoms with van der Waals surface area (Å²) in [6.45, 7) is 3.95. The zero-order chi connectivity index (χ0) is 23.5. The van der Waals surface area contributed by atoms with E-state index in [1.54, 1.807) is 37.3 Å². The molecule has 0 bridgehead atoms. The molecular formula is C25H22BrFN4O2. The van der Waals surface area contributed by atoms with Crippen LogP contribution in [0.25, 0.3) is 16.6 Å². The lowest BCUT2D eigenvalue weighted by Gasteiger charge is -2.29. The second-order valence-electron chi connectivity index (χ2n) is 7.48. The number of para-hydroxylation sites is 2. The van der Waals surface area contributed by atoms with Crippen molar-refractivity contribution >= 4 is 38.6 Å². The second kappa shape index (κ2) is 9.54. The van der Waals surface area contributed by atoms with E-state index in [9.17, 15) is 14.0 Å². The van der Waals surface area contributed by atoms with E-state index in [1.165, 1.54) is 21.6 Å². The highest BCUT2D eigenvalue weighted by molar-refractivity contribution is 9.10. The summed E-state index contributed by atoms with van der Waals surface area (Å²) in [4.78, 5) is 32.9. The molecule has 0 saturated carbocycles. The van der Waals surface area contributed by atoms with Crippen molar-refractivity contribution in [2.75, 3.05) is 11.9 Å². The van der Waals surface area contributed by atoms with Crippen molar-refractivity contribution < 1.29 is 9.18 Å².